The number of nitrogens with two attached hydrogens (primary N) is 1. The topological polar surface area (TPSA) is 69.6 Å². The van der Waals surface area contributed by atoms with Crippen molar-refractivity contribution in [3.63, 3.8) is 0 Å². The molecule has 0 spiro atoms. The summed E-state index contributed by atoms with van der Waals surface area (Å²) in [6, 6.07) is 0. The minimum Gasteiger partial charge on any atom is -0.369 e. The van der Waals surface area contributed by atoms with E-state index in [0.717, 1.165) is 36.6 Å². The number of hydrogen-bond acceptors (Lipinski definition) is 4. The van der Waals surface area contributed by atoms with E-state index in [2.05, 4.69) is 21.9 Å². The van der Waals surface area contributed by atoms with E-state index in [9.17, 15) is 0 Å². The van der Waals surface area contributed by atoms with Crippen molar-refractivity contribution >= 4 is 5.95 Å². The Balaban J connectivity index is 2.62. The van der Waals surface area contributed by atoms with Gasteiger partial charge in [0.15, 0.2) is 5.82 Å². The first-order chi connectivity index (χ1) is 7.27. The van der Waals surface area contributed by atoms with Crippen molar-refractivity contribution in [2.75, 3.05) is 5.73 Å². The Labute approximate surface area is 88.7 Å². The van der Waals surface area contributed by atoms with Crippen molar-refractivity contribution in [3.05, 3.63) is 12.0 Å². The van der Waals surface area contributed by atoms with E-state index in [4.69, 9.17) is 5.73 Å². The van der Waals surface area contributed by atoms with E-state index in [1.54, 1.807) is 6.33 Å². The molecule has 0 fully saturated rings. The fourth-order valence-corrected chi connectivity index (χ4v) is 1.71. The second kappa shape index (κ2) is 3.84. The van der Waals surface area contributed by atoms with Gasteiger partial charge in [-0.05, 0) is 12.8 Å². The highest BCUT2D eigenvalue weighted by atomic mass is 15.2. The summed E-state index contributed by atoms with van der Waals surface area (Å²) in [7, 11) is 0. The molecule has 0 unspecified atom stereocenters. The highest BCUT2D eigenvalue weighted by Gasteiger charge is 2.17. The molecule has 0 saturated heterocycles. The summed E-state index contributed by atoms with van der Waals surface area (Å²) in [6.07, 6.45) is 3.40. The van der Waals surface area contributed by atoms with Crippen LogP contribution in [0.15, 0.2) is 6.33 Å². The Morgan fingerprint density at radius 1 is 1.33 bits per heavy atom. The predicted molar refractivity (Wildman–Crippen MR) is 58.5 cm³/mol. The average molecular weight is 205 g/mol. The fraction of sp³-hybridized carbons (Fsp3) is 0.500. The molecule has 0 saturated carbocycles. The average Bonchev–Trinajstić information content (AvgIpc) is 2.70. The van der Waals surface area contributed by atoms with Gasteiger partial charge in [0.25, 0.3) is 0 Å². The van der Waals surface area contributed by atoms with E-state index in [1.807, 2.05) is 11.5 Å². The lowest BCUT2D eigenvalue weighted by Crippen LogP contribution is -2.14. The SMILES string of the molecule is CCCn1c(N)nc(CC)c2ncnc1-2. The number of nitrogens with zero attached hydrogens (tertiary/aromatic N) is 4. The molecule has 2 rings (SSSR count). The Kier molecular flexibility index (Phi) is 2.53. The molecular weight excluding hydrogens is 190 g/mol. The first-order valence-electron chi connectivity index (χ1n) is 5.23. The van der Waals surface area contributed by atoms with Crippen molar-refractivity contribution in [1.82, 2.24) is 19.5 Å². The quantitative estimate of drug-likeness (QED) is 0.820. The van der Waals surface area contributed by atoms with E-state index >= 15 is 0 Å². The van der Waals surface area contributed by atoms with Gasteiger partial charge in [-0.2, -0.15) is 0 Å². The zero-order chi connectivity index (χ0) is 10.8. The minimum absolute atomic E-state index is 0.529. The van der Waals surface area contributed by atoms with Gasteiger partial charge in [0.2, 0.25) is 5.95 Å². The number of imidazole rings is 1. The summed E-state index contributed by atoms with van der Waals surface area (Å²) >= 11 is 0. The molecule has 5 heteroatoms. The monoisotopic (exact) mass is 205 g/mol. The molecule has 0 aromatic rings. The largest absolute Gasteiger partial charge is 0.369 e. The normalized spacial score (nSPS) is 11.1. The van der Waals surface area contributed by atoms with E-state index in [0.29, 0.717) is 5.95 Å². The molecule has 0 aliphatic carbocycles. The molecule has 5 nitrogen and oxygen atoms in total. The van der Waals surface area contributed by atoms with Crippen molar-refractivity contribution in [1.29, 1.82) is 0 Å². The minimum atomic E-state index is 0.529. The predicted octanol–water partition coefficient (Wildman–Crippen LogP) is 1.33. The third-order valence-corrected chi connectivity index (χ3v) is 2.42. The molecule has 2 heterocycles. The first kappa shape index (κ1) is 9.89. The lowest BCUT2D eigenvalue weighted by Gasteiger charge is -2.14. The van der Waals surface area contributed by atoms with Crippen LogP contribution < -0.4 is 5.73 Å². The molecule has 0 aromatic heterocycles. The maximum absolute atomic E-state index is 5.89. The molecule has 0 aromatic carbocycles. The van der Waals surface area contributed by atoms with Gasteiger partial charge in [-0.1, -0.05) is 13.8 Å². The van der Waals surface area contributed by atoms with Gasteiger partial charge in [0.05, 0.1) is 5.69 Å². The van der Waals surface area contributed by atoms with Crippen LogP contribution in [0.3, 0.4) is 0 Å². The third kappa shape index (κ3) is 1.54. The summed E-state index contributed by atoms with van der Waals surface area (Å²) < 4.78 is 1.92. The number of rotatable bonds is 3. The van der Waals surface area contributed by atoms with Gasteiger partial charge in [-0.25, -0.2) is 15.0 Å². The number of aromatic nitrogens is 4. The second-order valence-corrected chi connectivity index (χ2v) is 3.47. The van der Waals surface area contributed by atoms with E-state index < -0.39 is 0 Å². The number of aryl methyl sites for hydroxylation is 1. The summed E-state index contributed by atoms with van der Waals surface area (Å²) in [5.74, 6) is 1.38. The molecule has 2 N–H and O–H groups in total. The highest BCUT2D eigenvalue weighted by Crippen LogP contribution is 2.23. The Morgan fingerprint density at radius 3 is 2.80 bits per heavy atom. The Morgan fingerprint density at radius 2 is 2.13 bits per heavy atom. The van der Waals surface area contributed by atoms with E-state index in [-0.39, 0.29) is 0 Å². The number of anilines is 1. The molecule has 15 heavy (non-hydrogen) atoms. The van der Waals surface area contributed by atoms with Gasteiger partial charge in [0, 0.05) is 6.54 Å². The van der Waals surface area contributed by atoms with Crippen LogP contribution >= 0.6 is 0 Å². The molecular formula is C10H15N5. The van der Waals surface area contributed by atoms with Crippen LogP contribution in [0.4, 0.5) is 5.95 Å². The Bertz CT molecular complexity index is 434. The third-order valence-electron chi connectivity index (χ3n) is 2.42. The summed E-state index contributed by atoms with van der Waals surface area (Å²) in [5.41, 5.74) is 7.69. The summed E-state index contributed by atoms with van der Waals surface area (Å²) in [5, 5.41) is 0. The van der Waals surface area contributed by atoms with Crippen molar-refractivity contribution in [2.45, 2.75) is 33.2 Å². The maximum Gasteiger partial charge on any atom is 0.202 e. The molecule has 0 atom stereocenters. The van der Waals surface area contributed by atoms with Crippen LogP contribution in [-0.2, 0) is 13.0 Å². The first-order valence-corrected chi connectivity index (χ1v) is 5.23. The van der Waals surface area contributed by atoms with Crippen LogP contribution in [0.2, 0.25) is 0 Å². The molecule has 0 bridgehead atoms. The fourth-order valence-electron chi connectivity index (χ4n) is 1.71. The molecule has 0 amide bonds. The molecule has 2 aliphatic rings. The zero-order valence-corrected chi connectivity index (χ0v) is 9.06. The number of fused-ring (bicyclic) bond motifs is 1. The molecule has 80 valence electrons. The van der Waals surface area contributed by atoms with Gasteiger partial charge >= 0.3 is 0 Å². The smallest absolute Gasteiger partial charge is 0.202 e. The molecule has 0 radical (unpaired) electrons. The van der Waals surface area contributed by atoms with Crippen molar-refractivity contribution in [2.24, 2.45) is 0 Å². The van der Waals surface area contributed by atoms with Crippen LogP contribution in [-0.4, -0.2) is 19.5 Å². The highest BCUT2D eigenvalue weighted by molar-refractivity contribution is 5.57. The van der Waals surface area contributed by atoms with Gasteiger partial charge < -0.3 is 5.73 Å². The number of hydrogen-bond donors (Lipinski definition) is 1. The van der Waals surface area contributed by atoms with Gasteiger partial charge in [0.1, 0.15) is 12.0 Å². The van der Waals surface area contributed by atoms with Gasteiger partial charge in [-0.15, -0.1) is 0 Å². The summed E-state index contributed by atoms with van der Waals surface area (Å²) in [4.78, 5) is 12.8. The lowest BCUT2D eigenvalue weighted by molar-refractivity contribution is 0.666. The standard InChI is InChI=1S/C10H15N5/c1-3-5-15-9-8(12-6-13-9)7(4-2)14-10(15)11/h6H,3-5H2,1-2H3,(H2,11,14). The summed E-state index contributed by atoms with van der Waals surface area (Å²) in [6.45, 7) is 4.97. The second-order valence-electron chi connectivity index (χ2n) is 3.47. The molecule has 2 aliphatic heterocycles. The van der Waals surface area contributed by atoms with Crippen LogP contribution in [0.25, 0.3) is 11.5 Å². The zero-order valence-electron chi connectivity index (χ0n) is 9.06. The van der Waals surface area contributed by atoms with Gasteiger partial charge in [-0.3, -0.25) is 4.57 Å². The van der Waals surface area contributed by atoms with Crippen LogP contribution in [0.1, 0.15) is 26.0 Å². The van der Waals surface area contributed by atoms with Crippen LogP contribution in [0, 0.1) is 0 Å². The van der Waals surface area contributed by atoms with E-state index in [1.165, 1.54) is 0 Å². The van der Waals surface area contributed by atoms with Crippen molar-refractivity contribution in [3.8, 4) is 11.5 Å². The number of nitrogen functional groups attached to an aromatic ring is 1. The lowest BCUT2D eigenvalue weighted by atomic mass is 10.2. The maximum atomic E-state index is 5.89. The van der Waals surface area contributed by atoms with Crippen LogP contribution in [0.5, 0.6) is 0 Å². The van der Waals surface area contributed by atoms with Crippen molar-refractivity contribution < 1.29 is 0 Å². The Hall–Kier alpha value is -1.65.